The highest BCUT2D eigenvalue weighted by Gasteiger charge is 2.76. The van der Waals surface area contributed by atoms with Gasteiger partial charge in [0, 0.05) is 40.2 Å². The Labute approximate surface area is 369 Å². The van der Waals surface area contributed by atoms with Gasteiger partial charge in [-0.1, -0.05) is 53.6 Å². The van der Waals surface area contributed by atoms with E-state index in [9.17, 15) is 53.3 Å². The normalized spacial score (nSPS) is 31.5. The van der Waals surface area contributed by atoms with Crippen LogP contribution in [-0.2, 0) is 53.8 Å². The molecule has 2 heterocycles. The van der Waals surface area contributed by atoms with Gasteiger partial charge in [-0.2, -0.15) is 0 Å². The summed E-state index contributed by atoms with van der Waals surface area (Å²) in [5, 5.41) is 28.8. The number of carboxylic acid groups (broad SMARTS) is 1. The number of anilines is 1. The van der Waals surface area contributed by atoms with Crippen LogP contribution in [0.1, 0.15) is 74.0 Å². The number of hydrogen-bond donors (Lipinski definition) is 7. The molecule has 0 radical (unpaired) electrons. The molecule has 1 aliphatic heterocycles. The molecule has 62 heavy (non-hydrogen) atoms. The van der Waals surface area contributed by atoms with Crippen molar-refractivity contribution in [2.24, 2.45) is 28.6 Å². The maximum Gasteiger partial charge on any atom is 0.470 e. The highest BCUT2D eigenvalue weighted by atomic mass is 79.9. The minimum absolute atomic E-state index is 0.0213. The van der Waals surface area contributed by atoms with E-state index in [1.807, 2.05) is 38.1 Å². The van der Waals surface area contributed by atoms with Crippen molar-refractivity contribution in [1.29, 1.82) is 0 Å². The first-order chi connectivity index (χ1) is 29.3. The van der Waals surface area contributed by atoms with Gasteiger partial charge in [-0.3, -0.25) is 33.3 Å². The van der Waals surface area contributed by atoms with E-state index in [0.29, 0.717) is 36.2 Å². The number of thiophene rings is 1. The van der Waals surface area contributed by atoms with Gasteiger partial charge in [0.1, 0.15) is 12.6 Å². The molecule has 4 fully saturated rings. The minimum Gasteiger partial charge on any atom is -0.481 e. The average molecular weight is 963 g/mol. The van der Waals surface area contributed by atoms with E-state index >= 15 is 0 Å². The molecule has 2 aromatic rings. The zero-order chi connectivity index (χ0) is 44.8. The Balaban J connectivity index is 1.07. The number of alkyl halides is 1. The highest BCUT2D eigenvalue weighted by molar-refractivity contribution is 9.09. The second-order valence-corrected chi connectivity index (χ2v) is 20.1. The first-order valence-corrected chi connectivity index (χ1v) is 23.7. The number of amides is 3. The Morgan fingerprint density at radius 3 is 2.61 bits per heavy atom. The minimum atomic E-state index is -5.04. The van der Waals surface area contributed by atoms with Crippen LogP contribution in [0.25, 0.3) is 0 Å². The SMILES string of the molecule is C[C@]12C=CC(=O)C=C1CC[C@@H]1[C@@H]2[C@@H](O)C[C@@]2(C)[C@H]1C[C@H]1O[C@@H](c3ccc(Cc4cccc(NC(=O)[C@H](CCC(=O)O)NC(=O)CNC(=O)CBr)c4)s3)O[C@]12C(=O)COP(=O)(O)O. The topological polar surface area (TPSA) is 264 Å². The van der Waals surface area contributed by atoms with Crippen molar-refractivity contribution < 1.29 is 67.3 Å². The molecule has 0 unspecified atom stereocenters. The molecule has 17 nitrogen and oxygen atoms in total. The number of fused-ring (bicyclic) bond motifs is 7. The molecule has 3 saturated carbocycles. The van der Waals surface area contributed by atoms with E-state index in [2.05, 4.69) is 31.9 Å². The van der Waals surface area contributed by atoms with Crippen molar-refractivity contribution in [1.82, 2.24) is 10.6 Å². The maximum absolute atomic E-state index is 14.4. The third kappa shape index (κ3) is 9.06. The summed E-state index contributed by atoms with van der Waals surface area (Å²) in [5.41, 5.74) is -1.12. The number of aliphatic hydroxyl groups excluding tert-OH is 1. The number of phosphoric acid groups is 1. The standard InChI is InChI=1S/C42H49BrN3O14PS/c1-40-13-12-25(47)16-23(40)6-8-27-28-17-33-42(32(49)21-58-61(55,56)57,41(28,2)18-30(48)37(27)40)60-39(59-33)31-10-7-26(62-31)15-22-4-3-5-24(14-22)45-38(54)29(9-11-36(52)53)46-35(51)20-44-34(50)19-43/h3-5,7,10,12-14,16,27-30,33,37,39,48H,6,8-9,11,15,17-21H2,1-2H3,(H,44,50)(H,45,54)(H,46,51)(H,52,53)(H2,55,56,57)/t27-,28-,29-,30-,33+,37+,39+,40-,41-,42+/m0/s1. The van der Waals surface area contributed by atoms with Crippen LogP contribution in [0, 0.1) is 28.6 Å². The predicted molar refractivity (Wildman–Crippen MR) is 226 cm³/mol. The Morgan fingerprint density at radius 1 is 1.11 bits per heavy atom. The number of aliphatic hydroxyl groups is 1. The molecule has 1 aromatic heterocycles. The van der Waals surface area contributed by atoms with Crippen LogP contribution in [0.4, 0.5) is 5.69 Å². The molecule has 3 amide bonds. The molecular weight excluding hydrogens is 913 g/mol. The third-order valence-electron chi connectivity index (χ3n) is 13.4. The number of halogens is 1. The van der Waals surface area contributed by atoms with Gasteiger partial charge >= 0.3 is 13.8 Å². The zero-order valence-electron chi connectivity index (χ0n) is 33.9. The zero-order valence-corrected chi connectivity index (χ0v) is 37.2. The number of carboxylic acids is 1. The highest BCUT2D eigenvalue weighted by Crippen LogP contribution is 2.70. The third-order valence-corrected chi connectivity index (χ3v) is 15.4. The fourth-order valence-electron chi connectivity index (χ4n) is 10.8. The maximum atomic E-state index is 14.4. The lowest BCUT2D eigenvalue weighted by Gasteiger charge is -2.59. The average Bonchev–Trinajstić information content (AvgIpc) is 3.90. The summed E-state index contributed by atoms with van der Waals surface area (Å²) in [6.07, 6.45) is 4.04. The molecule has 5 aliphatic rings. The number of allylic oxidation sites excluding steroid dienone is 4. The van der Waals surface area contributed by atoms with E-state index in [0.717, 1.165) is 16.0 Å². The van der Waals surface area contributed by atoms with Gasteiger partial charge in [0.15, 0.2) is 23.5 Å². The summed E-state index contributed by atoms with van der Waals surface area (Å²) in [6.45, 7) is 2.61. The van der Waals surface area contributed by atoms with E-state index < -0.39 is 91.4 Å². The Bertz CT molecular complexity index is 2260. The molecule has 1 aromatic carbocycles. The van der Waals surface area contributed by atoms with E-state index in [1.165, 1.54) is 11.3 Å². The van der Waals surface area contributed by atoms with E-state index in [4.69, 9.17) is 14.0 Å². The van der Waals surface area contributed by atoms with Gasteiger partial charge in [-0.15, -0.1) is 11.3 Å². The molecule has 20 heteroatoms. The summed E-state index contributed by atoms with van der Waals surface area (Å²) in [4.78, 5) is 95.9. The fraction of sp³-hybridized carbons (Fsp3) is 0.524. The molecular formula is C42H49BrN3O14PS. The number of benzene rings is 1. The number of nitrogens with one attached hydrogen (secondary N) is 3. The molecule has 10 atom stereocenters. The number of rotatable bonds is 16. The molecule has 4 aliphatic carbocycles. The van der Waals surface area contributed by atoms with Crippen LogP contribution in [0.3, 0.4) is 0 Å². The van der Waals surface area contributed by atoms with Gasteiger partial charge < -0.3 is 45.4 Å². The van der Waals surface area contributed by atoms with Gasteiger partial charge in [-0.25, -0.2) is 4.57 Å². The smallest absolute Gasteiger partial charge is 0.470 e. The van der Waals surface area contributed by atoms with E-state index in [1.54, 1.807) is 30.4 Å². The van der Waals surface area contributed by atoms with Crippen LogP contribution in [0.2, 0.25) is 0 Å². The number of carbonyl (C=O) groups is 6. The molecule has 334 valence electrons. The van der Waals surface area contributed by atoms with Crippen LogP contribution < -0.4 is 16.0 Å². The number of aliphatic carboxylic acids is 1. The largest absolute Gasteiger partial charge is 0.481 e. The molecule has 7 rings (SSSR count). The molecule has 7 N–H and O–H groups in total. The number of carbonyl (C=O) groups excluding carboxylic acids is 5. The lowest BCUT2D eigenvalue weighted by molar-refractivity contribution is -0.200. The number of phosphoric ester groups is 1. The summed E-state index contributed by atoms with van der Waals surface area (Å²) in [7, 11) is -5.04. The second-order valence-electron chi connectivity index (χ2n) is 17.1. The van der Waals surface area contributed by atoms with E-state index in [-0.39, 0.29) is 48.1 Å². The summed E-state index contributed by atoms with van der Waals surface area (Å²) < 4.78 is 30.0. The molecule has 0 spiro atoms. The van der Waals surface area contributed by atoms with Crippen molar-refractivity contribution >= 4 is 76.0 Å². The number of Topliss-reactive ketones (excluding diaryl/α,β-unsaturated/α-hetero) is 1. The Morgan fingerprint density at radius 2 is 1.89 bits per heavy atom. The van der Waals surface area contributed by atoms with Gasteiger partial charge in [0.25, 0.3) is 0 Å². The van der Waals surface area contributed by atoms with Crippen LogP contribution in [-0.4, -0.2) is 97.6 Å². The van der Waals surface area contributed by atoms with Crippen LogP contribution >= 0.6 is 35.1 Å². The number of ether oxygens (including phenoxy) is 2. The van der Waals surface area contributed by atoms with Crippen LogP contribution in [0.15, 0.2) is 60.2 Å². The van der Waals surface area contributed by atoms with Crippen molar-refractivity contribution in [3.63, 3.8) is 0 Å². The van der Waals surface area contributed by atoms with Crippen molar-refractivity contribution in [2.45, 2.75) is 88.9 Å². The number of hydrogen-bond acceptors (Lipinski definition) is 12. The van der Waals surface area contributed by atoms with Gasteiger partial charge in [0.2, 0.25) is 17.7 Å². The Hall–Kier alpha value is -3.91. The monoisotopic (exact) mass is 961 g/mol. The molecule has 0 bridgehead atoms. The first kappa shape index (κ1) is 46.1. The quantitative estimate of drug-likeness (QED) is 0.0932. The summed E-state index contributed by atoms with van der Waals surface area (Å²) in [5.74, 6) is -4.16. The van der Waals surface area contributed by atoms with Crippen molar-refractivity contribution in [2.75, 3.05) is 23.8 Å². The second kappa shape index (κ2) is 17.9. The lowest BCUT2D eigenvalue weighted by Crippen LogP contribution is -2.63. The van der Waals surface area contributed by atoms with Crippen LogP contribution in [0.5, 0.6) is 0 Å². The summed E-state index contributed by atoms with van der Waals surface area (Å²) >= 11 is 4.35. The van der Waals surface area contributed by atoms with Crippen molar-refractivity contribution in [3.8, 4) is 0 Å². The van der Waals surface area contributed by atoms with Gasteiger partial charge in [0.05, 0.1) is 29.0 Å². The predicted octanol–water partition coefficient (Wildman–Crippen LogP) is 3.86. The van der Waals surface area contributed by atoms with Gasteiger partial charge in [-0.05, 0) is 85.9 Å². The number of ketones is 2. The van der Waals surface area contributed by atoms with Crippen molar-refractivity contribution in [3.05, 3.63) is 75.5 Å². The first-order valence-electron chi connectivity index (χ1n) is 20.3. The molecule has 1 saturated heterocycles. The Kier molecular flexibility index (Phi) is 13.3. The fourth-order valence-corrected chi connectivity index (χ4v) is 12.3. The lowest BCUT2D eigenvalue weighted by atomic mass is 9.46. The summed E-state index contributed by atoms with van der Waals surface area (Å²) in [6, 6.07) is 9.45.